The molecule has 0 aromatic carbocycles. The van der Waals surface area contributed by atoms with Gasteiger partial charge in [-0.1, -0.05) is 11.6 Å². The van der Waals surface area contributed by atoms with E-state index in [1.165, 1.54) is 18.3 Å². The van der Waals surface area contributed by atoms with Crippen molar-refractivity contribution in [2.45, 2.75) is 25.8 Å². The molecule has 0 fully saturated rings. The summed E-state index contributed by atoms with van der Waals surface area (Å²) in [5.74, 6) is -2.34. The van der Waals surface area contributed by atoms with Gasteiger partial charge in [-0.05, 0) is 25.5 Å². The van der Waals surface area contributed by atoms with Gasteiger partial charge >= 0.3 is 11.9 Å². The number of hydrogen-bond acceptors (Lipinski definition) is 5. The first-order valence-corrected chi connectivity index (χ1v) is 6.62. The normalized spacial score (nSPS) is 11.5. The molecule has 0 saturated carbocycles. The number of carboxylic acids is 1. The molecule has 1 atom stereocenters. The Kier molecular flexibility index (Phi) is 6.61. The van der Waals surface area contributed by atoms with Crippen molar-refractivity contribution >= 4 is 29.4 Å². The molecule has 1 heterocycles. The van der Waals surface area contributed by atoms with E-state index in [1.807, 2.05) is 0 Å². The smallest absolute Gasteiger partial charge is 0.326 e. The molecule has 1 amide bonds. The maximum Gasteiger partial charge on any atom is 0.326 e. The first kappa shape index (κ1) is 16.9. The number of carbonyl (C=O) groups is 3. The Bertz CT molecular complexity index is 535. The van der Waals surface area contributed by atoms with Crippen molar-refractivity contribution in [3.05, 3.63) is 29.0 Å². The number of rotatable bonds is 7. The third kappa shape index (κ3) is 5.78. The van der Waals surface area contributed by atoms with Crippen LogP contribution in [-0.2, 0) is 14.3 Å². The van der Waals surface area contributed by atoms with E-state index in [0.29, 0.717) is 0 Å². The quantitative estimate of drug-likeness (QED) is 0.580. The molecule has 0 aliphatic carbocycles. The van der Waals surface area contributed by atoms with Crippen molar-refractivity contribution in [1.29, 1.82) is 0 Å². The number of halogens is 1. The van der Waals surface area contributed by atoms with E-state index in [9.17, 15) is 14.4 Å². The van der Waals surface area contributed by atoms with Crippen LogP contribution < -0.4 is 5.32 Å². The topological polar surface area (TPSA) is 106 Å². The molecule has 0 aliphatic rings. The molecule has 1 aromatic heterocycles. The molecular formula is C13H15ClN2O5. The Morgan fingerprint density at radius 2 is 2.19 bits per heavy atom. The van der Waals surface area contributed by atoms with Crippen LogP contribution in [0.1, 0.15) is 30.1 Å². The SMILES string of the molecule is CCOC(=O)CC[C@H](NC(=O)c1ccnc(Cl)c1)C(=O)O. The largest absolute Gasteiger partial charge is 0.480 e. The predicted octanol–water partition coefficient (Wildman–Crippen LogP) is 1.26. The highest BCUT2D eigenvalue weighted by Crippen LogP contribution is 2.08. The molecule has 1 rings (SSSR count). The standard InChI is InChI=1S/C13H15ClN2O5/c1-2-21-11(17)4-3-9(13(19)20)16-12(18)8-5-6-15-10(14)7-8/h5-7,9H,2-4H2,1H3,(H,16,18)(H,19,20)/t9-/m0/s1. The van der Waals surface area contributed by atoms with E-state index in [2.05, 4.69) is 10.3 Å². The molecule has 114 valence electrons. The van der Waals surface area contributed by atoms with Gasteiger partial charge in [0, 0.05) is 18.2 Å². The summed E-state index contributed by atoms with van der Waals surface area (Å²) in [4.78, 5) is 37.9. The maximum atomic E-state index is 11.9. The van der Waals surface area contributed by atoms with Gasteiger partial charge in [-0.3, -0.25) is 9.59 Å². The summed E-state index contributed by atoms with van der Waals surface area (Å²) in [5.41, 5.74) is 0.192. The minimum absolute atomic E-state index is 0.0568. The molecule has 0 unspecified atom stereocenters. The second kappa shape index (κ2) is 8.21. The zero-order valence-electron chi connectivity index (χ0n) is 11.3. The van der Waals surface area contributed by atoms with Crippen LogP contribution in [0.5, 0.6) is 0 Å². The zero-order chi connectivity index (χ0) is 15.8. The second-order valence-corrected chi connectivity index (χ2v) is 4.46. The summed E-state index contributed by atoms with van der Waals surface area (Å²) in [7, 11) is 0. The number of aromatic nitrogens is 1. The molecule has 0 spiro atoms. The van der Waals surface area contributed by atoms with E-state index >= 15 is 0 Å². The maximum absolute atomic E-state index is 11.9. The second-order valence-electron chi connectivity index (χ2n) is 4.08. The number of carbonyl (C=O) groups excluding carboxylic acids is 2. The molecule has 0 bridgehead atoms. The van der Waals surface area contributed by atoms with Crippen LogP contribution in [0.2, 0.25) is 5.15 Å². The van der Waals surface area contributed by atoms with E-state index in [0.717, 1.165) is 0 Å². The van der Waals surface area contributed by atoms with Gasteiger partial charge in [-0.25, -0.2) is 9.78 Å². The zero-order valence-corrected chi connectivity index (χ0v) is 12.1. The van der Waals surface area contributed by atoms with Crippen LogP contribution in [0.15, 0.2) is 18.3 Å². The monoisotopic (exact) mass is 314 g/mol. The average molecular weight is 315 g/mol. The van der Waals surface area contributed by atoms with Gasteiger partial charge < -0.3 is 15.2 Å². The van der Waals surface area contributed by atoms with Gasteiger partial charge in [0.25, 0.3) is 5.91 Å². The summed E-state index contributed by atoms with van der Waals surface area (Å²) in [6.45, 7) is 1.87. The summed E-state index contributed by atoms with van der Waals surface area (Å²) < 4.78 is 4.71. The number of carboxylic acid groups (broad SMARTS) is 1. The lowest BCUT2D eigenvalue weighted by molar-refractivity contribution is -0.144. The minimum atomic E-state index is -1.23. The van der Waals surface area contributed by atoms with Crippen LogP contribution in [-0.4, -0.2) is 40.6 Å². The minimum Gasteiger partial charge on any atom is -0.480 e. The molecule has 0 radical (unpaired) electrons. The van der Waals surface area contributed by atoms with Crippen molar-refractivity contribution in [2.75, 3.05) is 6.61 Å². The number of nitrogens with one attached hydrogen (secondary N) is 1. The summed E-state index contributed by atoms with van der Waals surface area (Å²) in [5, 5.41) is 11.5. The van der Waals surface area contributed by atoms with Crippen molar-refractivity contribution in [3.63, 3.8) is 0 Å². The predicted molar refractivity (Wildman–Crippen MR) is 74.0 cm³/mol. The first-order chi connectivity index (χ1) is 9.93. The van der Waals surface area contributed by atoms with Crippen molar-refractivity contribution in [3.8, 4) is 0 Å². The molecule has 0 saturated heterocycles. The molecule has 8 heteroatoms. The van der Waals surface area contributed by atoms with Crippen LogP contribution >= 0.6 is 11.6 Å². The van der Waals surface area contributed by atoms with E-state index < -0.39 is 23.9 Å². The highest BCUT2D eigenvalue weighted by Gasteiger charge is 2.22. The van der Waals surface area contributed by atoms with Crippen LogP contribution in [0.25, 0.3) is 0 Å². The third-order valence-corrected chi connectivity index (χ3v) is 2.74. The number of hydrogen-bond donors (Lipinski definition) is 2. The Balaban J connectivity index is 2.64. The fourth-order valence-corrected chi connectivity index (χ4v) is 1.71. The fourth-order valence-electron chi connectivity index (χ4n) is 1.54. The van der Waals surface area contributed by atoms with Crippen LogP contribution in [0.3, 0.4) is 0 Å². The lowest BCUT2D eigenvalue weighted by Crippen LogP contribution is -2.41. The van der Waals surface area contributed by atoms with Gasteiger partial charge in [-0.15, -0.1) is 0 Å². The molecular weight excluding hydrogens is 300 g/mol. The number of esters is 1. The lowest BCUT2D eigenvalue weighted by Gasteiger charge is -2.14. The van der Waals surface area contributed by atoms with Crippen molar-refractivity contribution in [1.82, 2.24) is 10.3 Å². The van der Waals surface area contributed by atoms with Gasteiger partial charge in [-0.2, -0.15) is 0 Å². The Hall–Kier alpha value is -2.15. The van der Waals surface area contributed by atoms with Crippen LogP contribution in [0.4, 0.5) is 0 Å². The number of aliphatic carboxylic acids is 1. The van der Waals surface area contributed by atoms with Crippen molar-refractivity contribution in [2.24, 2.45) is 0 Å². The molecule has 7 nitrogen and oxygen atoms in total. The highest BCUT2D eigenvalue weighted by molar-refractivity contribution is 6.29. The van der Waals surface area contributed by atoms with Crippen molar-refractivity contribution < 1.29 is 24.2 Å². The van der Waals surface area contributed by atoms with Gasteiger partial charge in [0.2, 0.25) is 0 Å². The summed E-state index contributed by atoms with van der Waals surface area (Å²) in [6.07, 6.45) is 1.19. The van der Waals surface area contributed by atoms with Gasteiger partial charge in [0.1, 0.15) is 11.2 Å². The van der Waals surface area contributed by atoms with Gasteiger partial charge in [0.15, 0.2) is 0 Å². The molecule has 1 aromatic rings. The number of nitrogens with zero attached hydrogens (tertiary/aromatic N) is 1. The van der Waals surface area contributed by atoms with E-state index in [1.54, 1.807) is 6.92 Å². The summed E-state index contributed by atoms with van der Waals surface area (Å²) in [6, 6.07) is 1.54. The Labute approximate surface area is 126 Å². The third-order valence-electron chi connectivity index (χ3n) is 2.53. The number of pyridine rings is 1. The molecule has 2 N–H and O–H groups in total. The van der Waals surface area contributed by atoms with Gasteiger partial charge in [0.05, 0.1) is 6.61 Å². The lowest BCUT2D eigenvalue weighted by atomic mass is 10.1. The number of ether oxygens (including phenoxy) is 1. The van der Waals surface area contributed by atoms with E-state index in [-0.39, 0.29) is 30.2 Å². The van der Waals surface area contributed by atoms with E-state index in [4.69, 9.17) is 21.4 Å². The first-order valence-electron chi connectivity index (χ1n) is 6.25. The molecule has 0 aliphatic heterocycles. The Morgan fingerprint density at radius 1 is 1.48 bits per heavy atom. The number of amides is 1. The fraction of sp³-hybridized carbons (Fsp3) is 0.385. The average Bonchev–Trinajstić information content (AvgIpc) is 2.43. The summed E-state index contributed by atoms with van der Waals surface area (Å²) >= 11 is 5.66. The highest BCUT2D eigenvalue weighted by atomic mass is 35.5. The Morgan fingerprint density at radius 3 is 2.76 bits per heavy atom. The van der Waals surface area contributed by atoms with Crippen LogP contribution in [0, 0.1) is 0 Å². The molecule has 21 heavy (non-hydrogen) atoms.